The lowest BCUT2D eigenvalue weighted by Crippen LogP contribution is -2.31. The molecule has 0 aromatic heterocycles. The van der Waals surface area contributed by atoms with Crippen LogP contribution < -0.4 is 20.5 Å². The molecule has 0 amide bonds. The van der Waals surface area contributed by atoms with Crippen LogP contribution in [-0.2, 0) is 6.42 Å². The number of allylic oxidation sites excluding steroid dienone is 1. The number of ether oxygens (including phenoxy) is 2. The Balaban J connectivity index is 1.89. The van der Waals surface area contributed by atoms with E-state index in [1.165, 1.54) is 11.1 Å². The van der Waals surface area contributed by atoms with E-state index in [1.54, 1.807) is 26.0 Å². The molecule has 0 bridgehead atoms. The maximum Gasteiger partial charge on any atom is 0.127 e. The fraction of sp³-hybridized carbons (Fsp3) is 0.263. The van der Waals surface area contributed by atoms with Crippen LogP contribution in [-0.4, -0.2) is 19.7 Å². The Morgan fingerprint density at radius 2 is 1.83 bits per heavy atom. The maximum absolute atomic E-state index is 5.99. The summed E-state index contributed by atoms with van der Waals surface area (Å²) in [5.74, 6) is 1.95. The zero-order valence-electron chi connectivity index (χ0n) is 13.9. The van der Waals surface area contributed by atoms with Crippen LogP contribution in [0.4, 0.5) is 0 Å². The van der Waals surface area contributed by atoms with E-state index in [0.29, 0.717) is 0 Å². The predicted molar refractivity (Wildman–Crippen MR) is 99.2 cm³/mol. The van der Waals surface area contributed by atoms with Crippen molar-refractivity contribution >= 4 is 11.8 Å². The monoisotopic (exact) mass is 342 g/mol. The summed E-state index contributed by atoms with van der Waals surface area (Å²) in [6.45, 7) is 0. The summed E-state index contributed by atoms with van der Waals surface area (Å²) in [5.41, 5.74) is 9.52. The van der Waals surface area contributed by atoms with Crippen LogP contribution in [0.25, 0.3) is 0 Å². The Kier molecular flexibility index (Phi) is 5.33. The number of hydrogen-bond acceptors (Lipinski definition) is 5. The van der Waals surface area contributed by atoms with Crippen molar-refractivity contribution in [2.75, 3.05) is 14.2 Å². The molecule has 0 saturated heterocycles. The molecular weight excluding hydrogens is 320 g/mol. The number of nitrogens with two attached hydrogens (primary N) is 1. The Bertz CT molecular complexity index is 716. The van der Waals surface area contributed by atoms with E-state index >= 15 is 0 Å². The Hall–Kier alpha value is -2.11. The summed E-state index contributed by atoms with van der Waals surface area (Å²) in [4.78, 5) is 0. The summed E-state index contributed by atoms with van der Waals surface area (Å²) in [5, 5.41) is 5.49. The lowest BCUT2D eigenvalue weighted by molar-refractivity contribution is 0.414. The first kappa shape index (κ1) is 16.7. The number of nitrogens with one attached hydrogen (secondary N) is 1. The van der Waals surface area contributed by atoms with Gasteiger partial charge in [-0.1, -0.05) is 36.0 Å². The van der Waals surface area contributed by atoms with Crippen LogP contribution in [0, 0.1) is 0 Å². The van der Waals surface area contributed by atoms with Gasteiger partial charge >= 0.3 is 0 Å². The first-order chi connectivity index (χ1) is 11.7. The minimum absolute atomic E-state index is 0.0777. The van der Waals surface area contributed by atoms with Gasteiger partial charge in [-0.05, 0) is 47.2 Å². The number of benzene rings is 2. The van der Waals surface area contributed by atoms with Crippen molar-refractivity contribution in [3.63, 3.8) is 0 Å². The highest BCUT2D eigenvalue weighted by Gasteiger charge is 2.23. The van der Waals surface area contributed by atoms with Crippen molar-refractivity contribution in [2.24, 2.45) is 5.73 Å². The van der Waals surface area contributed by atoms with Crippen molar-refractivity contribution in [1.29, 1.82) is 0 Å². The van der Waals surface area contributed by atoms with Crippen molar-refractivity contribution in [2.45, 2.75) is 17.8 Å². The lowest BCUT2D eigenvalue weighted by Gasteiger charge is -2.21. The summed E-state index contributed by atoms with van der Waals surface area (Å²) >= 11 is 1.61. The largest absolute Gasteiger partial charge is 0.497 e. The number of hydrogen-bond donors (Lipinski definition) is 2. The van der Waals surface area contributed by atoms with Gasteiger partial charge in [0.1, 0.15) is 17.0 Å². The molecule has 0 saturated carbocycles. The summed E-state index contributed by atoms with van der Waals surface area (Å²) in [6, 6.07) is 16.4. The van der Waals surface area contributed by atoms with Gasteiger partial charge in [0, 0.05) is 11.6 Å². The lowest BCUT2D eigenvalue weighted by atomic mass is 9.89. The number of methoxy groups -OCH3 is 2. The first-order valence-electron chi connectivity index (χ1n) is 7.84. The highest BCUT2D eigenvalue weighted by molar-refractivity contribution is 8.02. The van der Waals surface area contributed by atoms with Gasteiger partial charge in [0.25, 0.3) is 0 Å². The van der Waals surface area contributed by atoms with Gasteiger partial charge in [0.05, 0.1) is 14.2 Å². The third-order valence-electron chi connectivity index (χ3n) is 4.12. The molecule has 0 spiro atoms. The molecule has 2 aromatic carbocycles. The second-order valence-electron chi connectivity index (χ2n) is 5.66. The molecule has 3 N–H and O–H groups in total. The third-order valence-corrected chi connectivity index (χ3v) is 4.92. The predicted octanol–water partition coefficient (Wildman–Crippen LogP) is 3.45. The Morgan fingerprint density at radius 3 is 2.46 bits per heavy atom. The molecule has 2 unspecified atom stereocenters. The van der Waals surface area contributed by atoms with Crippen molar-refractivity contribution < 1.29 is 9.47 Å². The van der Waals surface area contributed by atoms with Crippen LogP contribution in [0.1, 0.15) is 17.0 Å². The van der Waals surface area contributed by atoms with Gasteiger partial charge in [0.15, 0.2) is 0 Å². The zero-order chi connectivity index (χ0) is 16.9. The van der Waals surface area contributed by atoms with E-state index in [9.17, 15) is 0 Å². The van der Waals surface area contributed by atoms with E-state index in [1.807, 2.05) is 24.3 Å². The fourth-order valence-electron chi connectivity index (χ4n) is 2.84. The van der Waals surface area contributed by atoms with E-state index in [2.05, 4.69) is 35.0 Å². The molecule has 0 aliphatic carbocycles. The van der Waals surface area contributed by atoms with Crippen LogP contribution in [0.15, 0.2) is 59.6 Å². The normalized spacial score (nSPS) is 17.8. The van der Waals surface area contributed by atoms with E-state index in [0.717, 1.165) is 23.6 Å². The van der Waals surface area contributed by atoms with Crippen molar-refractivity contribution in [3.8, 4) is 11.5 Å². The molecule has 24 heavy (non-hydrogen) atoms. The standard InChI is InChI=1S/C19H22N2O2S/c1-22-15-8-6-14(7-9-15)17(18-12-24-19(20)21-18)11-13-4-3-5-16(10-13)23-2/h3-10,12,17,19,21H,11,20H2,1-2H3. The van der Waals surface area contributed by atoms with E-state index in [-0.39, 0.29) is 11.4 Å². The van der Waals surface area contributed by atoms with Gasteiger partial charge < -0.3 is 20.5 Å². The molecule has 0 fully saturated rings. The quantitative estimate of drug-likeness (QED) is 0.842. The molecule has 0 radical (unpaired) electrons. The van der Waals surface area contributed by atoms with Gasteiger partial charge in [-0.25, -0.2) is 0 Å². The second kappa shape index (κ2) is 7.64. The molecule has 2 atom stereocenters. The minimum atomic E-state index is -0.0777. The minimum Gasteiger partial charge on any atom is -0.497 e. The average molecular weight is 342 g/mol. The molecule has 1 heterocycles. The summed E-state index contributed by atoms with van der Waals surface area (Å²) < 4.78 is 10.6. The topological polar surface area (TPSA) is 56.5 Å². The van der Waals surface area contributed by atoms with Crippen LogP contribution in [0.5, 0.6) is 11.5 Å². The number of rotatable bonds is 6. The van der Waals surface area contributed by atoms with Crippen LogP contribution in [0.3, 0.4) is 0 Å². The van der Waals surface area contributed by atoms with Gasteiger partial charge in [-0.2, -0.15) is 0 Å². The van der Waals surface area contributed by atoms with E-state index in [4.69, 9.17) is 15.2 Å². The van der Waals surface area contributed by atoms with Crippen molar-refractivity contribution in [1.82, 2.24) is 5.32 Å². The Labute approximate surface area is 147 Å². The van der Waals surface area contributed by atoms with Gasteiger partial charge in [-0.3, -0.25) is 0 Å². The molecule has 2 aromatic rings. The molecule has 3 rings (SSSR count). The van der Waals surface area contributed by atoms with Gasteiger partial charge in [-0.15, -0.1) is 0 Å². The molecule has 5 heteroatoms. The van der Waals surface area contributed by atoms with Gasteiger partial charge in [0.2, 0.25) is 0 Å². The second-order valence-corrected chi connectivity index (χ2v) is 6.67. The summed E-state index contributed by atoms with van der Waals surface area (Å²) in [6.07, 6.45) is 0.871. The molecule has 1 aliphatic heterocycles. The molecular formula is C19H22N2O2S. The third kappa shape index (κ3) is 3.86. The van der Waals surface area contributed by atoms with Crippen molar-refractivity contribution in [3.05, 3.63) is 70.8 Å². The first-order valence-corrected chi connectivity index (χ1v) is 8.78. The van der Waals surface area contributed by atoms with Crippen LogP contribution in [0.2, 0.25) is 0 Å². The SMILES string of the molecule is COc1ccc(C(Cc2cccc(OC)c2)C2=CSC(N)N2)cc1. The maximum atomic E-state index is 5.99. The summed E-state index contributed by atoms with van der Waals surface area (Å²) in [7, 11) is 3.37. The van der Waals surface area contributed by atoms with Crippen LogP contribution >= 0.6 is 11.8 Å². The smallest absolute Gasteiger partial charge is 0.127 e. The molecule has 1 aliphatic rings. The number of thioether (sulfide) groups is 1. The van der Waals surface area contributed by atoms with E-state index < -0.39 is 0 Å². The Morgan fingerprint density at radius 1 is 1.08 bits per heavy atom. The fourth-order valence-corrected chi connectivity index (χ4v) is 3.57. The zero-order valence-corrected chi connectivity index (χ0v) is 14.7. The highest BCUT2D eigenvalue weighted by Crippen LogP contribution is 2.34. The highest BCUT2D eigenvalue weighted by atomic mass is 32.2. The molecule has 126 valence electrons. The molecule has 4 nitrogen and oxygen atoms in total. The average Bonchev–Trinajstić information content (AvgIpc) is 3.06.